The number of aromatic nitrogens is 3. The lowest BCUT2D eigenvalue weighted by Crippen LogP contribution is -2.20. The first-order chi connectivity index (χ1) is 12.5. The second kappa shape index (κ2) is 7.79. The molecule has 0 spiro atoms. The second-order valence-electron chi connectivity index (χ2n) is 5.45. The summed E-state index contributed by atoms with van der Waals surface area (Å²) in [5.41, 5.74) is 1.79. The summed E-state index contributed by atoms with van der Waals surface area (Å²) in [6, 6.07) is 11.7. The third-order valence-electron chi connectivity index (χ3n) is 3.55. The van der Waals surface area contributed by atoms with E-state index in [-0.39, 0.29) is 18.3 Å². The number of nitrogens with one attached hydrogen (secondary N) is 1. The fourth-order valence-electron chi connectivity index (χ4n) is 2.27. The summed E-state index contributed by atoms with van der Waals surface area (Å²) in [7, 11) is 0. The fourth-order valence-corrected chi connectivity index (χ4v) is 2.43. The Hall–Kier alpha value is -3.19. The van der Waals surface area contributed by atoms with E-state index in [0.29, 0.717) is 27.7 Å². The van der Waals surface area contributed by atoms with Crippen molar-refractivity contribution in [3.05, 3.63) is 65.7 Å². The van der Waals surface area contributed by atoms with Crippen LogP contribution in [-0.2, 0) is 4.79 Å². The minimum Gasteiger partial charge on any atom is -0.482 e. The molecule has 0 aliphatic heterocycles. The van der Waals surface area contributed by atoms with Gasteiger partial charge in [-0.1, -0.05) is 11.6 Å². The summed E-state index contributed by atoms with van der Waals surface area (Å²) in [6.45, 7) is 1.30. The Bertz CT molecular complexity index is 924. The highest BCUT2D eigenvalue weighted by molar-refractivity contribution is 6.30. The largest absolute Gasteiger partial charge is 0.482 e. The Morgan fingerprint density at radius 2 is 1.81 bits per heavy atom. The quantitative estimate of drug-likeness (QED) is 0.673. The van der Waals surface area contributed by atoms with Gasteiger partial charge in [-0.2, -0.15) is 0 Å². The van der Waals surface area contributed by atoms with Gasteiger partial charge in [0.05, 0.1) is 5.69 Å². The van der Waals surface area contributed by atoms with Gasteiger partial charge in [-0.25, -0.2) is 0 Å². The predicted molar refractivity (Wildman–Crippen MR) is 96.9 cm³/mol. The lowest BCUT2D eigenvalue weighted by Gasteiger charge is -2.12. The van der Waals surface area contributed by atoms with Crippen LogP contribution in [0.1, 0.15) is 17.3 Å². The molecule has 0 aliphatic rings. The molecule has 26 heavy (non-hydrogen) atoms. The second-order valence-corrected chi connectivity index (χ2v) is 5.89. The van der Waals surface area contributed by atoms with Gasteiger partial charge in [0.15, 0.2) is 12.4 Å². The molecule has 1 aromatic heterocycles. The fraction of sp³-hybridized carbons (Fsp3) is 0.111. The zero-order chi connectivity index (χ0) is 18.5. The summed E-state index contributed by atoms with van der Waals surface area (Å²) in [5.74, 6) is 0.108. The normalized spacial score (nSPS) is 10.4. The number of Topliss-reactive ketones (excluding diaryl/α,β-unsaturated/α-hetero) is 1. The summed E-state index contributed by atoms with van der Waals surface area (Å²) in [6.07, 6.45) is 3.02. The van der Waals surface area contributed by atoms with Crippen molar-refractivity contribution in [2.75, 3.05) is 11.9 Å². The number of anilines is 1. The highest BCUT2D eigenvalue weighted by atomic mass is 35.5. The molecule has 0 aliphatic carbocycles. The summed E-state index contributed by atoms with van der Waals surface area (Å²) >= 11 is 6.03. The minimum atomic E-state index is -0.328. The zero-order valence-corrected chi connectivity index (χ0v) is 14.6. The highest BCUT2D eigenvalue weighted by Crippen LogP contribution is 2.26. The van der Waals surface area contributed by atoms with Crippen molar-refractivity contribution in [2.24, 2.45) is 0 Å². The molecule has 8 heteroatoms. The SMILES string of the molecule is CC(=O)c1ccc(NC(=O)COc2ccc(Cl)cc2-n2cnnc2)cc1. The lowest BCUT2D eigenvalue weighted by molar-refractivity contribution is -0.118. The number of halogens is 1. The molecule has 0 atom stereocenters. The van der Waals surface area contributed by atoms with Crippen LogP contribution in [0.5, 0.6) is 5.75 Å². The Labute approximate surface area is 154 Å². The van der Waals surface area contributed by atoms with Crippen LogP contribution in [0, 0.1) is 0 Å². The third kappa shape index (κ3) is 4.25. The van der Waals surface area contributed by atoms with Gasteiger partial charge in [0.25, 0.3) is 5.91 Å². The number of amides is 1. The first-order valence-corrected chi connectivity index (χ1v) is 8.09. The van der Waals surface area contributed by atoms with E-state index >= 15 is 0 Å². The average Bonchev–Trinajstić information content (AvgIpc) is 3.15. The van der Waals surface area contributed by atoms with Gasteiger partial charge in [0.1, 0.15) is 18.4 Å². The first-order valence-electron chi connectivity index (χ1n) is 7.71. The number of carbonyl (C=O) groups excluding carboxylic acids is 2. The van der Waals surface area contributed by atoms with Gasteiger partial charge < -0.3 is 10.1 Å². The molecule has 132 valence electrons. The molecule has 3 rings (SSSR count). The van der Waals surface area contributed by atoms with Crippen molar-refractivity contribution in [3.63, 3.8) is 0 Å². The van der Waals surface area contributed by atoms with Crippen molar-refractivity contribution in [3.8, 4) is 11.4 Å². The molecule has 2 aromatic carbocycles. The smallest absolute Gasteiger partial charge is 0.262 e. The van der Waals surface area contributed by atoms with Crippen molar-refractivity contribution in [1.29, 1.82) is 0 Å². The summed E-state index contributed by atoms with van der Waals surface area (Å²) in [5, 5.41) is 10.7. The molecule has 1 N–H and O–H groups in total. The van der Waals surface area contributed by atoms with E-state index in [0.717, 1.165) is 0 Å². The van der Waals surface area contributed by atoms with Gasteiger partial charge in [-0.3, -0.25) is 14.2 Å². The lowest BCUT2D eigenvalue weighted by atomic mass is 10.1. The van der Waals surface area contributed by atoms with Crippen LogP contribution in [0.15, 0.2) is 55.1 Å². The van der Waals surface area contributed by atoms with Crippen LogP contribution in [0.25, 0.3) is 5.69 Å². The molecule has 0 unspecified atom stereocenters. The van der Waals surface area contributed by atoms with E-state index < -0.39 is 0 Å². The van der Waals surface area contributed by atoms with Gasteiger partial charge in [0, 0.05) is 16.3 Å². The maximum atomic E-state index is 12.1. The Kier molecular flexibility index (Phi) is 5.28. The van der Waals surface area contributed by atoms with Gasteiger partial charge >= 0.3 is 0 Å². The molecule has 3 aromatic rings. The van der Waals surface area contributed by atoms with E-state index in [1.165, 1.54) is 19.6 Å². The number of nitrogens with zero attached hydrogens (tertiary/aromatic N) is 3. The van der Waals surface area contributed by atoms with E-state index in [9.17, 15) is 9.59 Å². The van der Waals surface area contributed by atoms with Gasteiger partial charge in [0.2, 0.25) is 0 Å². The molecule has 1 heterocycles. The molecule has 0 radical (unpaired) electrons. The summed E-state index contributed by atoms with van der Waals surface area (Å²) in [4.78, 5) is 23.4. The Balaban J connectivity index is 1.65. The number of hydrogen-bond acceptors (Lipinski definition) is 5. The van der Waals surface area contributed by atoms with E-state index in [2.05, 4.69) is 15.5 Å². The number of carbonyl (C=O) groups is 2. The molecular formula is C18H15ClN4O3. The van der Waals surface area contributed by atoms with Crippen LogP contribution in [0.4, 0.5) is 5.69 Å². The molecular weight excluding hydrogens is 356 g/mol. The topological polar surface area (TPSA) is 86.1 Å². The Morgan fingerprint density at radius 3 is 2.46 bits per heavy atom. The van der Waals surface area contributed by atoms with E-state index in [4.69, 9.17) is 16.3 Å². The number of benzene rings is 2. The number of hydrogen-bond donors (Lipinski definition) is 1. The highest BCUT2D eigenvalue weighted by Gasteiger charge is 2.10. The maximum Gasteiger partial charge on any atom is 0.262 e. The van der Waals surface area contributed by atoms with Crippen LogP contribution < -0.4 is 10.1 Å². The molecule has 0 saturated heterocycles. The minimum absolute atomic E-state index is 0.0320. The van der Waals surface area contributed by atoms with Gasteiger partial charge in [-0.15, -0.1) is 10.2 Å². The van der Waals surface area contributed by atoms with Crippen LogP contribution in [0.2, 0.25) is 5.02 Å². The van der Waals surface area contributed by atoms with Crippen LogP contribution >= 0.6 is 11.6 Å². The number of ketones is 1. The first kappa shape index (κ1) is 17.6. The zero-order valence-electron chi connectivity index (χ0n) is 13.8. The van der Waals surface area contributed by atoms with Crippen LogP contribution in [-0.4, -0.2) is 33.1 Å². The third-order valence-corrected chi connectivity index (χ3v) is 3.79. The average molecular weight is 371 g/mol. The molecule has 1 amide bonds. The number of rotatable bonds is 6. The monoisotopic (exact) mass is 370 g/mol. The van der Waals surface area contributed by atoms with E-state index in [1.807, 2.05) is 0 Å². The van der Waals surface area contributed by atoms with Crippen LogP contribution in [0.3, 0.4) is 0 Å². The van der Waals surface area contributed by atoms with Crippen molar-refractivity contribution in [1.82, 2.24) is 14.8 Å². The molecule has 0 saturated carbocycles. The summed E-state index contributed by atoms with van der Waals surface area (Å²) < 4.78 is 7.25. The van der Waals surface area contributed by atoms with Crippen molar-refractivity contribution < 1.29 is 14.3 Å². The molecule has 0 fully saturated rings. The number of ether oxygens (including phenoxy) is 1. The van der Waals surface area contributed by atoms with E-state index in [1.54, 1.807) is 47.0 Å². The molecule has 7 nitrogen and oxygen atoms in total. The predicted octanol–water partition coefficient (Wildman–Crippen LogP) is 3.14. The Morgan fingerprint density at radius 1 is 1.12 bits per heavy atom. The van der Waals surface area contributed by atoms with Crippen molar-refractivity contribution >= 4 is 29.0 Å². The maximum absolute atomic E-state index is 12.1. The standard InChI is InChI=1S/C18H15ClN4O3/c1-12(24)13-2-5-15(6-3-13)22-18(25)9-26-17-7-4-14(19)8-16(17)23-10-20-21-11-23/h2-8,10-11H,9H2,1H3,(H,22,25). The van der Waals surface area contributed by atoms with Gasteiger partial charge in [-0.05, 0) is 49.4 Å². The van der Waals surface area contributed by atoms with Crippen molar-refractivity contribution in [2.45, 2.75) is 6.92 Å². The molecule has 0 bridgehead atoms.